The summed E-state index contributed by atoms with van der Waals surface area (Å²) in [6, 6.07) is 0. The standard InChI is InChI=1S/C9H21O2P/c1-5-8(6-2)12(4,11)9(10)7-3/h8-10H,5-7H2,1-4H3/t9-,12?/m0/s1. The summed E-state index contributed by atoms with van der Waals surface area (Å²) in [5.74, 6) is -0.595. The quantitative estimate of drug-likeness (QED) is 0.680. The van der Waals surface area contributed by atoms with Crippen molar-refractivity contribution >= 4 is 7.14 Å². The molecule has 0 spiro atoms. The van der Waals surface area contributed by atoms with Crippen LogP contribution < -0.4 is 0 Å². The first-order chi connectivity index (χ1) is 5.50. The number of rotatable bonds is 5. The van der Waals surface area contributed by atoms with Crippen molar-refractivity contribution < 1.29 is 9.67 Å². The van der Waals surface area contributed by atoms with Crippen LogP contribution in [0.4, 0.5) is 0 Å². The topological polar surface area (TPSA) is 37.3 Å². The molecule has 1 N–H and O–H groups in total. The Morgan fingerprint density at radius 1 is 1.17 bits per heavy atom. The van der Waals surface area contributed by atoms with Crippen molar-refractivity contribution in [3.63, 3.8) is 0 Å². The monoisotopic (exact) mass is 192 g/mol. The van der Waals surface area contributed by atoms with Crippen LogP contribution in [0.2, 0.25) is 0 Å². The Morgan fingerprint density at radius 3 is 1.83 bits per heavy atom. The summed E-state index contributed by atoms with van der Waals surface area (Å²) < 4.78 is 12.1. The van der Waals surface area contributed by atoms with Gasteiger partial charge >= 0.3 is 0 Å². The van der Waals surface area contributed by atoms with Gasteiger partial charge in [0.15, 0.2) is 0 Å². The summed E-state index contributed by atoms with van der Waals surface area (Å²) in [6.07, 6.45) is 2.41. The highest BCUT2D eigenvalue weighted by Crippen LogP contribution is 2.54. The maximum absolute atomic E-state index is 12.1. The van der Waals surface area contributed by atoms with Gasteiger partial charge in [-0.05, 0) is 25.9 Å². The zero-order chi connectivity index (χ0) is 9.78. The average molecular weight is 192 g/mol. The SMILES string of the molecule is CCC(CC)P(C)(=O)[C@H](O)CC. The second-order valence-corrected chi connectivity index (χ2v) is 6.86. The zero-order valence-electron chi connectivity index (χ0n) is 8.58. The van der Waals surface area contributed by atoms with Crippen molar-refractivity contribution in [2.24, 2.45) is 0 Å². The van der Waals surface area contributed by atoms with Gasteiger partial charge < -0.3 is 9.67 Å². The summed E-state index contributed by atoms with van der Waals surface area (Å²) in [5.41, 5.74) is 0.201. The minimum atomic E-state index is -2.34. The number of aliphatic hydroxyl groups excluding tert-OH is 1. The normalized spacial score (nSPS) is 19.2. The largest absolute Gasteiger partial charge is 0.385 e. The summed E-state index contributed by atoms with van der Waals surface area (Å²) >= 11 is 0. The Labute approximate surface area is 75.7 Å². The molecular weight excluding hydrogens is 171 g/mol. The fraction of sp³-hybridized carbons (Fsp3) is 1.00. The molecule has 0 saturated heterocycles. The van der Waals surface area contributed by atoms with Gasteiger partial charge in [0.25, 0.3) is 0 Å². The highest BCUT2D eigenvalue weighted by Gasteiger charge is 2.31. The first-order valence-corrected chi connectivity index (χ1v) is 7.04. The van der Waals surface area contributed by atoms with Crippen molar-refractivity contribution in [1.29, 1.82) is 0 Å². The molecule has 0 bridgehead atoms. The van der Waals surface area contributed by atoms with Crippen LogP contribution in [-0.4, -0.2) is 23.3 Å². The first kappa shape index (κ1) is 12.2. The third-order valence-electron chi connectivity index (χ3n) is 2.62. The Hall–Kier alpha value is 0.190. The smallest absolute Gasteiger partial charge is 0.115 e. The van der Waals surface area contributed by atoms with Gasteiger partial charge in [-0.25, -0.2) is 0 Å². The number of aliphatic hydroxyl groups is 1. The first-order valence-electron chi connectivity index (χ1n) is 4.75. The molecule has 0 aliphatic carbocycles. The third kappa shape index (κ3) is 2.60. The Kier molecular flexibility index (Phi) is 5.12. The minimum absolute atomic E-state index is 0.201. The van der Waals surface area contributed by atoms with E-state index >= 15 is 0 Å². The van der Waals surface area contributed by atoms with Crippen molar-refractivity contribution in [3.05, 3.63) is 0 Å². The van der Waals surface area contributed by atoms with Gasteiger partial charge in [0.2, 0.25) is 0 Å². The van der Waals surface area contributed by atoms with Crippen LogP contribution in [0.5, 0.6) is 0 Å². The molecule has 0 aromatic heterocycles. The molecule has 0 radical (unpaired) electrons. The highest BCUT2D eigenvalue weighted by atomic mass is 31.2. The molecule has 0 saturated carbocycles. The van der Waals surface area contributed by atoms with Crippen molar-refractivity contribution in [1.82, 2.24) is 0 Å². The Morgan fingerprint density at radius 2 is 1.58 bits per heavy atom. The molecule has 0 fully saturated rings. The molecule has 0 aromatic rings. The summed E-state index contributed by atoms with van der Waals surface area (Å²) in [6.45, 7) is 7.68. The molecule has 2 atom stereocenters. The van der Waals surface area contributed by atoms with E-state index in [1.165, 1.54) is 0 Å². The van der Waals surface area contributed by atoms with E-state index in [2.05, 4.69) is 0 Å². The lowest BCUT2D eigenvalue weighted by molar-refractivity contribution is 0.241. The van der Waals surface area contributed by atoms with E-state index in [1.54, 1.807) is 6.66 Å². The second kappa shape index (κ2) is 5.04. The van der Waals surface area contributed by atoms with E-state index in [0.717, 1.165) is 12.8 Å². The zero-order valence-corrected chi connectivity index (χ0v) is 9.47. The van der Waals surface area contributed by atoms with Gasteiger partial charge in [-0.2, -0.15) is 0 Å². The predicted octanol–water partition coefficient (Wildman–Crippen LogP) is 2.90. The summed E-state index contributed by atoms with van der Waals surface area (Å²) in [4.78, 5) is 0. The molecule has 0 rings (SSSR count). The molecular formula is C9H21O2P. The van der Waals surface area contributed by atoms with Crippen LogP contribution in [0.3, 0.4) is 0 Å². The van der Waals surface area contributed by atoms with Gasteiger partial charge in [-0.15, -0.1) is 0 Å². The predicted molar refractivity (Wildman–Crippen MR) is 54.2 cm³/mol. The number of hydrogen-bond donors (Lipinski definition) is 1. The molecule has 1 unspecified atom stereocenters. The molecule has 0 aliphatic heterocycles. The second-order valence-electron chi connectivity index (χ2n) is 3.42. The van der Waals surface area contributed by atoms with E-state index < -0.39 is 13.0 Å². The maximum atomic E-state index is 12.1. The van der Waals surface area contributed by atoms with Gasteiger partial charge in [-0.3, -0.25) is 0 Å². The van der Waals surface area contributed by atoms with Crippen molar-refractivity contribution in [2.75, 3.05) is 6.66 Å². The molecule has 0 aromatic carbocycles. The minimum Gasteiger partial charge on any atom is -0.385 e. The highest BCUT2D eigenvalue weighted by molar-refractivity contribution is 7.64. The average Bonchev–Trinajstić information content (AvgIpc) is 2.04. The van der Waals surface area contributed by atoms with Crippen molar-refractivity contribution in [2.45, 2.75) is 51.5 Å². The van der Waals surface area contributed by atoms with E-state index in [4.69, 9.17) is 0 Å². The lowest BCUT2D eigenvalue weighted by atomic mass is 10.3. The van der Waals surface area contributed by atoms with Crippen LogP contribution in [0.15, 0.2) is 0 Å². The van der Waals surface area contributed by atoms with E-state index in [9.17, 15) is 9.67 Å². The van der Waals surface area contributed by atoms with Crippen LogP contribution in [-0.2, 0) is 4.57 Å². The fourth-order valence-corrected chi connectivity index (χ4v) is 4.28. The van der Waals surface area contributed by atoms with Crippen LogP contribution in [0, 0.1) is 0 Å². The fourth-order valence-electron chi connectivity index (χ4n) is 1.62. The lowest BCUT2D eigenvalue weighted by Gasteiger charge is -2.26. The van der Waals surface area contributed by atoms with Gasteiger partial charge in [0.1, 0.15) is 13.0 Å². The van der Waals surface area contributed by atoms with Gasteiger partial charge in [0.05, 0.1) is 0 Å². The molecule has 2 nitrogen and oxygen atoms in total. The molecule has 0 amide bonds. The molecule has 12 heavy (non-hydrogen) atoms. The van der Waals surface area contributed by atoms with Crippen LogP contribution in [0.1, 0.15) is 40.0 Å². The summed E-state index contributed by atoms with van der Waals surface area (Å²) in [7, 11) is -2.34. The molecule has 74 valence electrons. The van der Waals surface area contributed by atoms with Gasteiger partial charge in [0, 0.05) is 5.66 Å². The van der Waals surface area contributed by atoms with E-state index in [0.29, 0.717) is 6.42 Å². The lowest BCUT2D eigenvalue weighted by Crippen LogP contribution is -2.16. The Bertz CT molecular complexity index is 164. The molecule has 3 heteroatoms. The van der Waals surface area contributed by atoms with Crippen LogP contribution >= 0.6 is 7.14 Å². The van der Waals surface area contributed by atoms with E-state index in [1.807, 2.05) is 20.8 Å². The molecule has 0 heterocycles. The van der Waals surface area contributed by atoms with Gasteiger partial charge in [-0.1, -0.05) is 20.8 Å². The Balaban J connectivity index is 4.45. The third-order valence-corrected chi connectivity index (χ3v) is 6.35. The van der Waals surface area contributed by atoms with Crippen LogP contribution in [0.25, 0.3) is 0 Å². The van der Waals surface area contributed by atoms with E-state index in [-0.39, 0.29) is 5.66 Å². The molecule has 0 aliphatic rings. The maximum Gasteiger partial charge on any atom is 0.115 e. The summed E-state index contributed by atoms with van der Waals surface area (Å²) in [5, 5.41) is 9.56. The number of hydrogen-bond acceptors (Lipinski definition) is 2. The van der Waals surface area contributed by atoms with Crippen molar-refractivity contribution in [3.8, 4) is 0 Å².